The van der Waals surface area contributed by atoms with Crippen LogP contribution in [0.25, 0.3) is 0 Å². The van der Waals surface area contributed by atoms with Crippen molar-refractivity contribution in [3.05, 3.63) is 28.8 Å². The molecule has 1 aromatic rings. The van der Waals surface area contributed by atoms with Gasteiger partial charge in [0.05, 0.1) is 6.54 Å². The van der Waals surface area contributed by atoms with Gasteiger partial charge in [-0.3, -0.25) is 9.69 Å². The third kappa shape index (κ3) is 5.35. The highest BCUT2D eigenvalue weighted by Gasteiger charge is 2.22. The van der Waals surface area contributed by atoms with E-state index in [2.05, 4.69) is 10.2 Å². The van der Waals surface area contributed by atoms with Crippen LogP contribution in [0.15, 0.2) is 18.2 Å². The molecule has 0 saturated carbocycles. The molecule has 0 radical (unpaired) electrons. The molecule has 1 heterocycles. The minimum Gasteiger partial charge on any atom is -0.342 e. The third-order valence-electron chi connectivity index (χ3n) is 4.86. The van der Waals surface area contributed by atoms with Gasteiger partial charge in [0.1, 0.15) is 0 Å². The Kier molecular flexibility index (Phi) is 7.72. The molecule has 26 heavy (non-hydrogen) atoms. The van der Waals surface area contributed by atoms with Gasteiger partial charge < -0.3 is 15.1 Å². The minimum atomic E-state index is -0.118. The molecule has 0 bridgehead atoms. The van der Waals surface area contributed by atoms with E-state index in [-0.39, 0.29) is 11.9 Å². The van der Waals surface area contributed by atoms with E-state index in [0.29, 0.717) is 31.2 Å². The first-order valence-electron chi connectivity index (χ1n) is 9.27. The first kappa shape index (κ1) is 20.5. The van der Waals surface area contributed by atoms with E-state index in [9.17, 15) is 9.59 Å². The number of carbonyl (C=O) groups is 2. The highest BCUT2D eigenvalue weighted by Crippen LogP contribution is 2.23. The molecule has 0 spiro atoms. The van der Waals surface area contributed by atoms with E-state index < -0.39 is 0 Å². The standard InChI is InChI=1S/C19H29ClN4O2/c1-4-23(5-2)18(25)14-22-10-7-11-24(13-12-22)19(26)21-17-9-6-8-16(20)15(17)3/h6,8-9H,4-5,7,10-14H2,1-3H3,(H,21,26). The maximum atomic E-state index is 12.6. The van der Waals surface area contributed by atoms with Gasteiger partial charge in [-0.1, -0.05) is 17.7 Å². The minimum absolute atomic E-state index is 0.118. The fourth-order valence-electron chi connectivity index (χ4n) is 3.14. The molecule has 0 aliphatic carbocycles. The van der Waals surface area contributed by atoms with Crippen LogP contribution in [0.4, 0.5) is 10.5 Å². The van der Waals surface area contributed by atoms with Gasteiger partial charge in [0.25, 0.3) is 0 Å². The Morgan fingerprint density at radius 2 is 1.88 bits per heavy atom. The largest absolute Gasteiger partial charge is 0.342 e. The van der Waals surface area contributed by atoms with Crippen molar-refractivity contribution >= 4 is 29.2 Å². The summed E-state index contributed by atoms with van der Waals surface area (Å²) >= 11 is 6.12. The van der Waals surface area contributed by atoms with Crippen molar-refractivity contribution in [2.45, 2.75) is 27.2 Å². The van der Waals surface area contributed by atoms with Crippen LogP contribution in [-0.4, -0.2) is 72.5 Å². The SMILES string of the molecule is CCN(CC)C(=O)CN1CCCN(C(=O)Nc2cccc(Cl)c2C)CC1. The number of anilines is 1. The van der Waals surface area contributed by atoms with Crippen molar-refractivity contribution in [3.63, 3.8) is 0 Å². The number of rotatable bonds is 5. The Labute approximate surface area is 161 Å². The number of halogens is 1. The number of carbonyl (C=O) groups excluding carboxylic acids is 2. The van der Waals surface area contributed by atoms with Crippen molar-refractivity contribution in [1.82, 2.24) is 14.7 Å². The maximum absolute atomic E-state index is 12.6. The van der Waals surface area contributed by atoms with E-state index in [1.54, 1.807) is 0 Å². The molecule has 2 rings (SSSR count). The summed E-state index contributed by atoms with van der Waals surface area (Å²) in [5, 5.41) is 3.59. The van der Waals surface area contributed by atoms with Gasteiger partial charge in [-0.25, -0.2) is 4.79 Å². The fraction of sp³-hybridized carbons (Fsp3) is 0.579. The molecule has 1 fully saturated rings. The summed E-state index contributed by atoms with van der Waals surface area (Å²) in [6.07, 6.45) is 0.855. The van der Waals surface area contributed by atoms with Crippen molar-refractivity contribution in [3.8, 4) is 0 Å². The average Bonchev–Trinajstić information content (AvgIpc) is 2.85. The predicted octanol–water partition coefficient (Wildman–Crippen LogP) is 3.06. The lowest BCUT2D eigenvalue weighted by Crippen LogP contribution is -2.42. The number of hydrogen-bond acceptors (Lipinski definition) is 3. The summed E-state index contributed by atoms with van der Waals surface area (Å²) in [7, 11) is 0. The number of benzene rings is 1. The lowest BCUT2D eigenvalue weighted by atomic mass is 10.2. The normalized spacial score (nSPS) is 15.5. The Hall–Kier alpha value is -1.79. The van der Waals surface area contributed by atoms with Crippen LogP contribution in [0.1, 0.15) is 25.8 Å². The third-order valence-corrected chi connectivity index (χ3v) is 5.27. The second-order valence-corrected chi connectivity index (χ2v) is 6.93. The van der Waals surface area contributed by atoms with Crippen LogP contribution in [-0.2, 0) is 4.79 Å². The first-order chi connectivity index (χ1) is 12.5. The van der Waals surface area contributed by atoms with Crippen LogP contribution < -0.4 is 5.32 Å². The summed E-state index contributed by atoms with van der Waals surface area (Å²) in [4.78, 5) is 30.7. The smallest absolute Gasteiger partial charge is 0.321 e. The fourth-order valence-corrected chi connectivity index (χ4v) is 3.31. The van der Waals surface area contributed by atoms with Crippen LogP contribution >= 0.6 is 11.6 Å². The predicted molar refractivity (Wildman–Crippen MR) is 106 cm³/mol. The monoisotopic (exact) mass is 380 g/mol. The van der Waals surface area contributed by atoms with E-state index in [4.69, 9.17) is 11.6 Å². The zero-order valence-corrected chi connectivity index (χ0v) is 16.7. The summed E-state index contributed by atoms with van der Waals surface area (Å²) in [5.41, 5.74) is 1.60. The highest BCUT2D eigenvalue weighted by atomic mass is 35.5. The van der Waals surface area contributed by atoms with Gasteiger partial charge in [-0.05, 0) is 44.9 Å². The van der Waals surface area contributed by atoms with Crippen LogP contribution in [0, 0.1) is 6.92 Å². The molecule has 0 aromatic heterocycles. The Balaban J connectivity index is 1.90. The number of nitrogens with one attached hydrogen (secondary N) is 1. The van der Waals surface area contributed by atoms with Crippen LogP contribution in [0.3, 0.4) is 0 Å². The highest BCUT2D eigenvalue weighted by molar-refractivity contribution is 6.31. The summed E-state index contributed by atoms with van der Waals surface area (Å²) < 4.78 is 0. The van der Waals surface area contributed by atoms with E-state index in [1.807, 2.05) is 48.8 Å². The van der Waals surface area contributed by atoms with Gasteiger partial charge in [0.2, 0.25) is 5.91 Å². The molecule has 144 valence electrons. The molecule has 1 aromatic carbocycles. The molecule has 7 heteroatoms. The molecule has 1 N–H and O–H groups in total. The number of urea groups is 1. The molecule has 0 atom stereocenters. The van der Waals surface area contributed by atoms with Gasteiger partial charge in [0, 0.05) is 50.0 Å². The second kappa shape index (κ2) is 9.78. The van der Waals surface area contributed by atoms with Crippen molar-refractivity contribution < 1.29 is 9.59 Å². The summed E-state index contributed by atoms with van der Waals surface area (Å²) in [5.74, 6) is 0.155. The number of amides is 3. The van der Waals surface area contributed by atoms with Crippen LogP contribution in [0.5, 0.6) is 0 Å². The van der Waals surface area contributed by atoms with Crippen molar-refractivity contribution in [1.29, 1.82) is 0 Å². The van der Waals surface area contributed by atoms with E-state index in [0.717, 1.165) is 37.3 Å². The number of hydrogen-bond donors (Lipinski definition) is 1. The number of likely N-dealkylation sites (N-methyl/N-ethyl adjacent to an activating group) is 1. The summed E-state index contributed by atoms with van der Waals surface area (Å²) in [6.45, 7) is 10.6. The zero-order valence-electron chi connectivity index (χ0n) is 15.9. The van der Waals surface area contributed by atoms with Crippen molar-refractivity contribution in [2.75, 3.05) is 51.1 Å². The molecule has 6 nitrogen and oxygen atoms in total. The molecular weight excluding hydrogens is 352 g/mol. The van der Waals surface area contributed by atoms with E-state index >= 15 is 0 Å². The Bertz CT molecular complexity index is 634. The molecule has 1 saturated heterocycles. The second-order valence-electron chi connectivity index (χ2n) is 6.53. The van der Waals surface area contributed by atoms with Gasteiger partial charge in [-0.15, -0.1) is 0 Å². The molecule has 1 aliphatic heterocycles. The lowest BCUT2D eigenvalue weighted by Gasteiger charge is -2.25. The van der Waals surface area contributed by atoms with Gasteiger partial charge >= 0.3 is 6.03 Å². The lowest BCUT2D eigenvalue weighted by molar-refractivity contribution is -0.132. The quantitative estimate of drug-likeness (QED) is 0.854. The molecular formula is C19H29ClN4O2. The molecule has 3 amide bonds. The van der Waals surface area contributed by atoms with Crippen LogP contribution in [0.2, 0.25) is 5.02 Å². The average molecular weight is 381 g/mol. The zero-order chi connectivity index (χ0) is 19.1. The molecule has 1 aliphatic rings. The maximum Gasteiger partial charge on any atom is 0.321 e. The molecule has 0 unspecified atom stereocenters. The van der Waals surface area contributed by atoms with Crippen molar-refractivity contribution in [2.24, 2.45) is 0 Å². The summed E-state index contributed by atoms with van der Waals surface area (Å²) in [6, 6.07) is 5.37. The topological polar surface area (TPSA) is 55.9 Å². The van der Waals surface area contributed by atoms with Gasteiger partial charge in [0.15, 0.2) is 0 Å². The van der Waals surface area contributed by atoms with Gasteiger partial charge in [-0.2, -0.15) is 0 Å². The Morgan fingerprint density at radius 3 is 2.58 bits per heavy atom. The number of nitrogens with zero attached hydrogens (tertiary/aromatic N) is 3. The first-order valence-corrected chi connectivity index (χ1v) is 9.65. The Morgan fingerprint density at radius 1 is 1.15 bits per heavy atom. The van der Waals surface area contributed by atoms with E-state index in [1.165, 1.54) is 0 Å².